The van der Waals surface area contributed by atoms with Crippen LogP contribution in [-0.2, 0) is 0 Å². The van der Waals surface area contributed by atoms with Gasteiger partial charge >= 0.3 is 0 Å². The molecule has 0 fully saturated rings. The molecule has 13 heavy (non-hydrogen) atoms. The van der Waals surface area contributed by atoms with Gasteiger partial charge in [0.1, 0.15) is 0 Å². The Labute approximate surface area is 86.3 Å². The Kier molecular flexibility index (Phi) is 7.81. The summed E-state index contributed by atoms with van der Waals surface area (Å²) in [6.07, 6.45) is 1.42. The number of thioether (sulfide) groups is 1. The van der Waals surface area contributed by atoms with Crippen molar-refractivity contribution in [3.05, 3.63) is 0 Å². The van der Waals surface area contributed by atoms with Crippen LogP contribution in [0.4, 0.5) is 0 Å². The van der Waals surface area contributed by atoms with E-state index in [0.717, 1.165) is 24.3 Å². The Morgan fingerprint density at radius 2 is 2.00 bits per heavy atom. The Balaban J connectivity index is 3.50. The van der Waals surface area contributed by atoms with Crippen molar-refractivity contribution in [1.82, 2.24) is 0 Å². The molecule has 0 saturated heterocycles. The van der Waals surface area contributed by atoms with Gasteiger partial charge in [0.05, 0.1) is 6.10 Å². The van der Waals surface area contributed by atoms with E-state index < -0.39 is 0 Å². The van der Waals surface area contributed by atoms with E-state index in [2.05, 4.69) is 20.8 Å². The van der Waals surface area contributed by atoms with Crippen LogP contribution in [0.3, 0.4) is 0 Å². The van der Waals surface area contributed by atoms with E-state index in [1.54, 1.807) is 0 Å². The first kappa shape index (κ1) is 13.3. The second-order valence-corrected chi connectivity index (χ2v) is 5.24. The summed E-state index contributed by atoms with van der Waals surface area (Å²) < 4.78 is 0. The molecular weight excluding hydrogens is 182 g/mol. The minimum absolute atomic E-state index is 0.0440. The minimum atomic E-state index is -0.318. The summed E-state index contributed by atoms with van der Waals surface area (Å²) >= 11 is 1.86. The fourth-order valence-electron chi connectivity index (χ4n) is 1.26. The smallest absolute Gasteiger partial charge is 0.0699 e. The van der Waals surface area contributed by atoms with Crippen molar-refractivity contribution in [2.45, 2.75) is 45.8 Å². The van der Waals surface area contributed by atoms with Gasteiger partial charge in [-0.1, -0.05) is 20.8 Å². The third-order valence-corrected chi connectivity index (χ3v) is 2.93. The molecule has 3 N–H and O–H groups in total. The summed E-state index contributed by atoms with van der Waals surface area (Å²) in [7, 11) is 0. The Bertz CT molecular complexity index is 119. The lowest BCUT2D eigenvalue weighted by Gasteiger charge is -2.20. The molecule has 0 aliphatic rings. The van der Waals surface area contributed by atoms with Crippen molar-refractivity contribution in [3.63, 3.8) is 0 Å². The molecule has 0 aromatic heterocycles. The molecule has 0 aliphatic heterocycles. The van der Waals surface area contributed by atoms with Gasteiger partial charge in [-0.15, -0.1) is 0 Å². The van der Waals surface area contributed by atoms with Crippen molar-refractivity contribution in [3.8, 4) is 0 Å². The molecule has 0 amide bonds. The highest BCUT2D eigenvalue weighted by Crippen LogP contribution is 2.11. The first-order valence-corrected chi connectivity index (χ1v) is 6.24. The summed E-state index contributed by atoms with van der Waals surface area (Å²) in [5.74, 6) is 2.71. The molecular formula is C10H23NOS. The Morgan fingerprint density at radius 1 is 1.38 bits per heavy atom. The number of rotatable bonds is 7. The van der Waals surface area contributed by atoms with Crippen LogP contribution in [0.15, 0.2) is 0 Å². The second-order valence-electron chi connectivity index (χ2n) is 3.85. The molecule has 0 spiro atoms. The molecule has 2 nitrogen and oxygen atoms in total. The van der Waals surface area contributed by atoms with Gasteiger partial charge in [0.2, 0.25) is 0 Å². The molecule has 0 aliphatic carbocycles. The molecule has 0 aromatic rings. The highest BCUT2D eigenvalue weighted by Gasteiger charge is 2.15. The predicted octanol–water partition coefficient (Wildman–Crippen LogP) is 1.86. The van der Waals surface area contributed by atoms with Crippen molar-refractivity contribution in [2.24, 2.45) is 11.7 Å². The van der Waals surface area contributed by atoms with E-state index in [9.17, 15) is 5.11 Å². The van der Waals surface area contributed by atoms with Crippen molar-refractivity contribution < 1.29 is 5.11 Å². The zero-order chi connectivity index (χ0) is 10.3. The van der Waals surface area contributed by atoms with Crippen LogP contribution in [-0.4, -0.2) is 28.8 Å². The maximum Gasteiger partial charge on any atom is 0.0699 e. The lowest BCUT2D eigenvalue weighted by atomic mass is 9.99. The van der Waals surface area contributed by atoms with Gasteiger partial charge in [0, 0.05) is 6.04 Å². The molecule has 0 bridgehead atoms. The summed E-state index contributed by atoms with van der Waals surface area (Å²) in [4.78, 5) is 0. The lowest BCUT2D eigenvalue weighted by molar-refractivity contribution is 0.131. The molecule has 3 heteroatoms. The fraction of sp³-hybridized carbons (Fsp3) is 1.00. The number of hydrogen-bond donors (Lipinski definition) is 2. The van der Waals surface area contributed by atoms with Crippen molar-refractivity contribution in [1.29, 1.82) is 0 Å². The quantitative estimate of drug-likeness (QED) is 0.624. The first-order chi connectivity index (χ1) is 6.07. The molecule has 0 aromatic carbocycles. The lowest BCUT2D eigenvalue weighted by Crippen LogP contribution is -2.36. The molecule has 0 saturated carbocycles. The maximum absolute atomic E-state index is 9.65. The monoisotopic (exact) mass is 205 g/mol. The maximum atomic E-state index is 9.65. The van der Waals surface area contributed by atoms with Gasteiger partial charge in [-0.3, -0.25) is 0 Å². The van der Waals surface area contributed by atoms with Crippen LogP contribution >= 0.6 is 11.8 Å². The van der Waals surface area contributed by atoms with Gasteiger partial charge in [-0.05, 0) is 30.3 Å². The van der Waals surface area contributed by atoms with E-state index in [-0.39, 0.29) is 12.1 Å². The summed E-state index contributed by atoms with van der Waals surface area (Å²) in [5.41, 5.74) is 5.84. The Hall–Kier alpha value is 0.270. The van der Waals surface area contributed by atoms with Gasteiger partial charge in [0.25, 0.3) is 0 Å². The molecule has 0 heterocycles. The van der Waals surface area contributed by atoms with Crippen LogP contribution < -0.4 is 5.73 Å². The standard InChI is InChI=1S/C10H23NOS/c1-4-13-6-5-10(12)9(11)7-8(2)3/h8-10,12H,4-7,11H2,1-3H3. The van der Waals surface area contributed by atoms with Gasteiger partial charge in [0.15, 0.2) is 0 Å². The Morgan fingerprint density at radius 3 is 2.46 bits per heavy atom. The first-order valence-electron chi connectivity index (χ1n) is 5.09. The predicted molar refractivity (Wildman–Crippen MR) is 61.1 cm³/mol. The van der Waals surface area contributed by atoms with Crippen LogP contribution in [0, 0.1) is 5.92 Å². The third-order valence-electron chi connectivity index (χ3n) is 2.00. The van der Waals surface area contributed by atoms with E-state index in [1.807, 2.05) is 11.8 Å². The normalized spacial score (nSPS) is 16.2. The van der Waals surface area contributed by atoms with Crippen LogP contribution in [0.1, 0.15) is 33.6 Å². The average Bonchev–Trinajstić information content (AvgIpc) is 2.03. The highest BCUT2D eigenvalue weighted by molar-refractivity contribution is 7.99. The van der Waals surface area contributed by atoms with Crippen molar-refractivity contribution >= 4 is 11.8 Å². The molecule has 80 valence electrons. The highest BCUT2D eigenvalue weighted by atomic mass is 32.2. The molecule has 0 rings (SSSR count). The van der Waals surface area contributed by atoms with E-state index in [0.29, 0.717) is 5.92 Å². The summed E-state index contributed by atoms with van der Waals surface area (Å²) in [5, 5.41) is 9.65. The topological polar surface area (TPSA) is 46.2 Å². The number of aliphatic hydroxyl groups is 1. The number of aliphatic hydroxyl groups excluding tert-OH is 1. The van der Waals surface area contributed by atoms with Gasteiger partial charge < -0.3 is 10.8 Å². The molecule has 2 atom stereocenters. The number of nitrogens with two attached hydrogens (primary N) is 1. The largest absolute Gasteiger partial charge is 0.391 e. The second kappa shape index (κ2) is 7.65. The van der Waals surface area contributed by atoms with Crippen LogP contribution in [0.25, 0.3) is 0 Å². The zero-order valence-corrected chi connectivity index (χ0v) is 9.81. The van der Waals surface area contributed by atoms with Crippen LogP contribution in [0.2, 0.25) is 0 Å². The molecule has 2 unspecified atom stereocenters. The summed E-state index contributed by atoms with van der Waals surface area (Å²) in [6, 6.07) is -0.0440. The van der Waals surface area contributed by atoms with E-state index in [1.165, 1.54) is 0 Å². The average molecular weight is 205 g/mol. The fourth-order valence-corrected chi connectivity index (χ4v) is 1.96. The summed E-state index contributed by atoms with van der Waals surface area (Å²) in [6.45, 7) is 6.39. The van der Waals surface area contributed by atoms with Gasteiger partial charge in [-0.25, -0.2) is 0 Å². The van der Waals surface area contributed by atoms with E-state index in [4.69, 9.17) is 5.73 Å². The van der Waals surface area contributed by atoms with Gasteiger partial charge in [-0.2, -0.15) is 11.8 Å². The SMILES string of the molecule is CCSCCC(O)C(N)CC(C)C. The molecule has 0 radical (unpaired) electrons. The van der Waals surface area contributed by atoms with Crippen molar-refractivity contribution in [2.75, 3.05) is 11.5 Å². The third kappa shape index (κ3) is 7.35. The minimum Gasteiger partial charge on any atom is -0.391 e. The number of hydrogen-bond acceptors (Lipinski definition) is 3. The van der Waals surface area contributed by atoms with Crippen LogP contribution in [0.5, 0.6) is 0 Å². The zero-order valence-electron chi connectivity index (χ0n) is 8.99. The van der Waals surface area contributed by atoms with E-state index >= 15 is 0 Å².